The fraction of sp³-hybridized carbons (Fsp3) is 0.727. The molecule has 1 heterocycles. The molecule has 1 rings (SSSR count). The van der Waals surface area contributed by atoms with Crippen molar-refractivity contribution < 1.29 is 0 Å². The van der Waals surface area contributed by atoms with Crippen molar-refractivity contribution in [3.63, 3.8) is 0 Å². The molecule has 0 amide bonds. The highest BCUT2D eigenvalue weighted by atomic mass is 32.1. The molecule has 0 saturated heterocycles. The zero-order chi connectivity index (χ0) is 9.73. The highest BCUT2D eigenvalue weighted by Gasteiger charge is 2.25. The van der Waals surface area contributed by atoms with Gasteiger partial charge in [-0.3, -0.25) is 0 Å². The molecule has 0 aliphatic heterocycles. The summed E-state index contributed by atoms with van der Waals surface area (Å²) < 4.78 is 0. The SMILES string of the molecule is CCCCC(C)(CC)c1cscn1. The molecule has 0 fully saturated rings. The Hall–Kier alpha value is -0.370. The summed E-state index contributed by atoms with van der Waals surface area (Å²) in [6.07, 6.45) is 5.04. The van der Waals surface area contributed by atoms with E-state index in [1.165, 1.54) is 31.4 Å². The van der Waals surface area contributed by atoms with Gasteiger partial charge in [0.15, 0.2) is 0 Å². The van der Waals surface area contributed by atoms with Gasteiger partial charge in [-0.25, -0.2) is 4.98 Å². The summed E-state index contributed by atoms with van der Waals surface area (Å²) in [5.74, 6) is 0. The monoisotopic (exact) mass is 197 g/mol. The van der Waals surface area contributed by atoms with Crippen molar-refractivity contribution in [2.24, 2.45) is 0 Å². The van der Waals surface area contributed by atoms with Crippen molar-refractivity contribution in [3.05, 3.63) is 16.6 Å². The third kappa shape index (κ3) is 2.53. The van der Waals surface area contributed by atoms with E-state index in [0.29, 0.717) is 5.41 Å². The standard InChI is InChI=1S/C11H19NS/c1-4-6-7-11(3,5-2)10-8-13-9-12-10/h8-9H,4-7H2,1-3H3. The molecule has 0 spiro atoms. The van der Waals surface area contributed by atoms with Gasteiger partial charge in [0.1, 0.15) is 0 Å². The Kier molecular flexibility index (Phi) is 3.91. The molecule has 0 aliphatic carbocycles. The topological polar surface area (TPSA) is 12.9 Å². The normalized spacial score (nSPS) is 15.6. The number of nitrogens with zero attached hydrogens (tertiary/aromatic N) is 1. The van der Waals surface area contributed by atoms with Gasteiger partial charge in [0.05, 0.1) is 11.2 Å². The highest BCUT2D eigenvalue weighted by Crippen LogP contribution is 2.32. The van der Waals surface area contributed by atoms with Gasteiger partial charge in [-0.1, -0.05) is 33.6 Å². The number of hydrogen-bond acceptors (Lipinski definition) is 2. The molecule has 1 aromatic heterocycles. The maximum absolute atomic E-state index is 4.43. The molecule has 1 unspecified atom stereocenters. The zero-order valence-corrected chi connectivity index (χ0v) is 9.66. The summed E-state index contributed by atoms with van der Waals surface area (Å²) in [4.78, 5) is 4.43. The lowest BCUT2D eigenvalue weighted by atomic mass is 9.80. The van der Waals surface area contributed by atoms with E-state index in [0.717, 1.165) is 0 Å². The van der Waals surface area contributed by atoms with Gasteiger partial charge >= 0.3 is 0 Å². The van der Waals surface area contributed by atoms with Crippen molar-refractivity contribution in [3.8, 4) is 0 Å². The van der Waals surface area contributed by atoms with Crippen molar-refractivity contribution in [2.75, 3.05) is 0 Å². The van der Waals surface area contributed by atoms with E-state index in [1.54, 1.807) is 11.3 Å². The van der Waals surface area contributed by atoms with Crippen LogP contribution >= 0.6 is 11.3 Å². The third-order valence-electron chi connectivity index (χ3n) is 2.91. The zero-order valence-electron chi connectivity index (χ0n) is 8.84. The molecule has 0 aliphatic rings. The number of hydrogen-bond donors (Lipinski definition) is 0. The molecule has 0 aromatic carbocycles. The quantitative estimate of drug-likeness (QED) is 0.695. The third-order valence-corrected chi connectivity index (χ3v) is 3.50. The molecule has 1 atom stereocenters. The van der Waals surface area contributed by atoms with Crippen LogP contribution in [-0.2, 0) is 5.41 Å². The summed E-state index contributed by atoms with van der Waals surface area (Å²) in [7, 11) is 0. The number of thiazole rings is 1. The number of unbranched alkanes of at least 4 members (excludes halogenated alkanes) is 1. The van der Waals surface area contributed by atoms with Gasteiger partial charge < -0.3 is 0 Å². The van der Waals surface area contributed by atoms with Crippen LogP contribution in [0.1, 0.15) is 52.1 Å². The minimum absolute atomic E-state index is 0.315. The van der Waals surface area contributed by atoms with Crippen LogP contribution in [0, 0.1) is 0 Å². The first-order valence-corrected chi connectivity index (χ1v) is 6.06. The second-order valence-corrected chi connectivity index (χ2v) is 4.61. The van der Waals surface area contributed by atoms with Gasteiger partial charge in [0.25, 0.3) is 0 Å². The highest BCUT2D eigenvalue weighted by molar-refractivity contribution is 7.07. The second kappa shape index (κ2) is 4.75. The maximum atomic E-state index is 4.43. The van der Waals surface area contributed by atoms with Crippen LogP contribution in [0.25, 0.3) is 0 Å². The van der Waals surface area contributed by atoms with E-state index < -0.39 is 0 Å². The van der Waals surface area contributed by atoms with Crippen LogP contribution in [0.5, 0.6) is 0 Å². The molecule has 0 N–H and O–H groups in total. The summed E-state index contributed by atoms with van der Waals surface area (Å²) >= 11 is 1.70. The lowest BCUT2D eigenvalue weighted by Crippen LogP contribution is -2.21. The molecule has 2 heteroatoms. The Labute approximate surface area is 85.2 Å². The average molecular weight is 197 g/mol. The van der Waals surface area contributed by atoms with E-state index in [-0.39, 0.29) is 0 Å². The van der Waals surface area contributed by atoms with E-state index in [2.05, 4.69) is 31.1 Å². The van der Waals surface area contributed by atoms with Crippen LogP contribution in [0.15, 0.2) is 10.9 Å². The molecule has 0 saturated carbocycles. The number of aromatic nitrogens is 1. The molecule has 1 aromatic rings. The predicted molar refractivity (Wildman–Crippen MR) is 59.3 cm³/mol. The van der Waals surface area contributed by atoms with Crippen LogP contribution in [0.3, 0.4) is 0 Å². The maximum Gasteiger partial charge on any atom is 0.0794 e. The molecular weight excluding hydrogens is 178 g/mol. The first-order chi connectivity index (χ1) is 6.23. The lowest BCUT2D eigenvalue weighted by molar-refractivity contribution is 0.394. The smallest absolute Gasteiger partial charge is 0.0794 e. The Morgan fingerprint density at radius 2 is 2.23 bits per heavy atom. The largest absolute Gasteiger partial charge is 0.249 e. The summed E-state index contributed by atoms with van der Waals surface area (Å²) in [5, 5.41) is 2.19. The Morgan fingerprint density at radius 3 is 2.69 bits per heavy atom. The second-order valence-electron chi connectivity index (χ2n) is 3.89. The van der Waals surface area contributed by atoms with E-state index in [4.69, 9.17) is 0 Å². The van der Waals surface area contributed by atoms with E-state index in [1.807, 2.05) is 5.51 Å². The van der Waals surface area contributed by atoms with Crippen LogP contribution in [0.4, 0.5) is 0 Å². The van der Waals surface area contributed by atoms with E-state index >= 15 is 0 Å². The minimum atomic E-state index is 0.315. The van der Waals surface area contributed by atoms with Crippen LogP contribution in [0.2, 0.25) is 0 Å². The summed E-state index contributed by atoms with van der Waals surface area (Å²) in [6, 6.07) is 0. The Morgan fingerprint density at radius 1 is 1.46 bits per heavy atom. The van der Waals surface area contributed by atoms with Gasteiger partial charge in [0.2, 0.25) is 0 Å². The summed E-state index contributed by atoms with van der Waals surface area (Å²) in [6.45, 7) is 6.84. The Bertz CT molecular complexity index is 230. The van der Waals surface area contributed by atoms with Crippen molar-refractivity contribution >= 4 is 11.3 Å². The fourth-order valence-electron chi connectivity index (χ4n) is 1.56. The molecule has 0 radical (unpaired) electrons. The average Bonchev–Trinajstić information content (AvgIpc) is 2.67. The molecule has 1 nitrogen and oxygen atoms in total. The van der Waals surface area contributed by atoms with Crippen molar-refractivity contribution in [1.29, 1.82) is 0 Å². The number of rotatable bonds is 5. The van der Waals surface area contributed by atoms with Gasteiger partial charge in [-0.2, -0.15) is 0 Å². The summed E-state index contributed by atoms with van der Waals surface area (Å²) in [5.41, 5.74) is 3.54. The van der Waals surface area contributed by atoms with Crippen molar-refractivity contribution in [1.82, 2.24) is 4.98 Å². The van der Waals surface area contributed by atoms with Gasteiger partial charge in [-0.05, 0) is 12.8 Å². The molecule has 0 bridgehead atoms. The van der Waals surface area contributed by atoms with E-state index in [9.17, 15) is 0 Å². The Balaban J connectivity index is 2.69. The van der Waals surface area contributed by atoms with Gasteiger partial charge in [0, 0.05) is 10.8 Å². The molecule has 13 heavy (non-hydrogen) atoms. The molecule has 74 valence electrons. The minimum Gasteiger partial charge on any atom is -0.249 e. The molecular formula is C11H19NS. The lowest BCUT2D eigenvalue weighted by Gasteiger charge is -2.26. The predicted octanol–water partition coefficient (Wildman–Crippen LogP) is 4.00. The van der Waals surface area contributed by atoms with Gasteiger partial charge in [-0.15, -0.1) is 11.3 Å². The fourth-order valence-corrected chi connectivity index (χ4v) is 2.27. The first kappa shape index (κ1) is 10.7. The van der Waals surface area contributed by atoms with Crippen LogP contribution in [-0.4, -0.2) is 4.98 Å². The van der Waals surface area contributed by atoms with Crippen LogP contribution < -0.4 is 0 Å². The van der Waals surface area contributed by atoms with Crippen molar-refractivity contribution in [2.45, 2.75) is 51.9 Å². The first-order valence-electron chi connectivity index (χ1n) is 5.11.